The Morgan fingerprint density at radius 1 is 1.57 bits per heavy atom. The zero-order chi connectivity index (χ0) is 10.1. The molecular weight excluding hydrogens is 196 g/mol. The quantitative estimate of drug-likeness (QED) is 0.778. The van der Waals surface area contributed by atoms with Gasteiger partial charge in [-0.3, -0.25) is 0 Å². The molecule has 1 atom stereocenters. The summed E-state index contributed by atoms with van der Waals surface area (Å²) >= 11 is 1.69. The summed E-state index contributed by atoms with van der Waals surface area (Å²) in [4.78, 5) is 3.15. The van der Waals surface area contributed by atoms with Gasteiger partial charge >= 0.3 is 0 Å². The van der Waals surface area contributed by atoms with Crippen LogP contribution in [0.2, 0.25) is 0 Å². The van der Waals surface area contributed by atoms with Crippen LogP contribution in [0.5, 0.6) is 5.75 Å². The summed E-state index contributed by atoms with van der Waals surface area (Å²) in [5.41, 5.74) is 6.65. The maximum Gasteiger partial charge on any atom is 0.131 e. The summed E-state index contributed by atoms with van der Waals surface area (Å²) in [6, 6.07) is 5.62. The van der Waals surface area contributed by atoms with E-state index >= 15 is 0 Å². The van der Waals surface area contributed by atoms with E-state index in [0.717, 1.165) is 17.0 Å². The van der Waals surface area contributed by atoms with Gasteiger partial charge in [0.15, 0.2) is 0 Å². The Labute approximate surface area is 87.9 Å². The first kappa shape index (κ1) is 9.68. The minimum atomic E-state index is 0.364. The zero-order valence-electron chi connectivity index (χ0n) is 8.10. The second-order valence-electron chi connectivity index (χ2n) is 3.39. The SMILES string of the molecule is CN1c2cccc(O)c2SC1CCN. The predicted octanol–water partition coefficient (Wildman–Crippen LogP) is 1.61. The van der Waals surface area contributed by atoms with Crippen LogP contribution in [0.15, 0.2) is 23.1 Å². The molecule has 1 aliphatic heterocycles. The number of rotatable bonds is 2. The maximum absolute atomic E-state index is 9.66. The summed E-state index contributed by atoms with van der Waals surface area (Å²) in [7, 11) is 2.04. The molecule has 14 heavy (non-hydrogen) atoms. The van der Waals surface area contributed by atoms with Gasteiger partial charge in [0.25, 0.3) is 0 Å². The Morgan fingerprint density at radius 3 is 3.00 bits per heavy atom. The van der Waals surface area contributed by atoms with Crippen molar-refractivity contribution in [3.8, 4) is 5.75 Å². The van der Waals surface area contributed by atoms with Crippen LogP contribution in [0.4, 0.5) is 5.69 Å². The molecule has 0 radical (unpaired) electrons. The Kier molecular flexibility index (Phi) is 2.56. The lowest BCUT2D eigenvalue weighted by Gasteiger charge is -2.20. The van der Waals surface area contributed by atoms with E-state index < -0.39 is 0 Å². The number of aromatic hydroxyl groups is 1. The van der Waals surface area contributed by atoms with E-state index in [2.05, 4.69) is 4.90 Å². The summed E-state index contributed by atoms with van der Waals surface area (Å²) in [5.74, 6) is 0.374. The number of hydrogen-bond acceptors (Lipinski definition) is 4. The van der Waals surface area contributed by atoms with Gasteiger partial charge in [0.05, 0.1) is 16.0 Å². The van der Waals surface area contributed by atoms with E-state index in [1.165, 1.54) is 0 Å². The molecule has 1 aromatic rings. The fourth-order valence-corrected chi connectivity index (χ4v) is 3.00. The van der Waals surface area contributed by atoms with E-state index in [1.807, 2.05) is 19.2 Å². The van der Waals surface area contributed by atoms with Crippen LogP contribution in [0.3, 0.4) is 0 Å². The summed E-state index contributed by atoms with van der Waals surface area (Å²) < 4.78 is 0. The summed E-state index contributed by atoms with van der Waals surface area (Å²) in [5, 5.41) is 10.0. The molecule has 0 saturated heterocycles. The van der Waals surface area contributed by atoms with Crippen molar-refractivity contribution in [3.05, 3.63) is 18.2 Å². The third-order valence-electron chi connectivity index (χ3n) is 2.45. The molecular formula is C10H14N2OS. The Balaban J connectivity index is 2.30. The lowest BCUT2D eigenvalue weighted by Crippen LogP contribution is -2.26. The van der Waals surface area contributed by atoms with E-state index in [1.54, 1.807) is 17.8 Å². The highest BCUT2D eigenvalue weighted by molar-refractivity contribution is 8.00. The number of anilines is 1. The first-order valence-electron chi connectivity index (χ1n) is 4.65. The molecule has 0 aromatic heterocycles. The summed E-state index contributed by atoms with van der Waals surface area (Å²) in [6.45, 7) is 0.677. The molecule has 4 heteroatoms. The zero-order valence-corrected chi connectivity index (χ0v) is 8.92. The number of fused-ring (bicyclic) bond motifs is 1. The monoisotopic (exact) mass is 210 g/mol. The van der Waals surface area contributed by atoms with Crippen molar-refractivity contribution >= 4 is 17.4 Å². The molecule has 0 amide bonds. The van der Waals surface area contributed by atoms with Gasteiger partial charge in [0, 0.05) is 7.05 Å². The number of thioether (sulfide) groups is 1. The van der Waals surface area contributed by atoms with Gasteiger partial charge < -0.3 is 15.7 Å². The predicted molar refractivity (Wildman–Crippen MR) is 59.8 cm³/mol. The Hall–Kier alpha value is -0.870. The number of phenols is 1. The fraction of sp³-hybridized carbons (Fsp3) is 0.400. The minimum Gasteiger partial charge on any atom is -0.507 e. The van der Waals surface area contributed by atoms with E-state index in [9.17, 15) is 5.11 Å². The molecule has 1 aromatic carbocycles. The molecule has 0 aliphatic carbocycles. The molecule has 3 nitrogen and oxygen atoms in total. The van der Waals surface area contributed by atoms with Crippen LogP contribution in [0.25, 0.3) is 0 Å². The Morgan fingerprint density at radius 2 is 2.36 bits per heavy atom. The van der Waals surface area contributed by atoms with Gasteiger partial charge in [0.2, 0.25) is 0 Å². The smallest absolute Gasteiger partial charge is 0.131 e. The van der Waals surface area contributed by atoms with E-state index in [0.29, 0.717) is 17.7 Å². The molecule has 0 saturated carbocycles. The topological polar surface area (TPSA) is 49.5 Å². The van der Waals surface area contributed by atoms with Crippen molar-refractivity contribution in [1.29, 1.82) is 0 Å². The van der Waals surface area contributed by atoms with Crippen LogP contribution >= 0.6 is 11.8 Å². The highest BCUT2D eigenvalue weighted by atomic mass is 32.2. The molecule has 1 heterocycles. The van der Waals surface area contributed by atoms with Crippen molar-refractivity contribution in [2.45, 2.75) is 16.7 Å². The van der Waals surface area contributed by atoms with Gasteiger partial charge in [-0.15, -0.1) is 0 Å². The van der Waals surface area contributed by atoms with Gasteiger partial charge in [0.1, 0.15) is 5.75 Å². The van der Waals surface area contributed by atoms with E-state index in [-0.39, 0.29) is 0 Å². The highest BCUT2D eigenvalue weighted by Crippen LogP contribution is 2.47. The molecule has 3 N–H and O–H groups in total. The van der Waals surface area contributed by atoms with Gasteiger partial charge in [-0.1, -0.05) is 17.8 Å². The maximum atomic E-state index is 9.66. The highest BCUT2D eigenvalue weighted by Gasteiger charge is 2.28. The fourth-order valence-electron chi connectivity index (χ4n) is 1.68. The lowest BCUT2D eigenvalue weighted by atomic mass is 10.2. The third kappa shape index (κ3) is 1.44. The standard InChI is InChI=1S/C10H14N2OS/c1-12-7-3-2-4-8(13)10(7)14-9(12)5-6-11/h2-4,9,13H,5-6,11H2,1H3. The normalized spacial score (nSPS) is 19.9. The van der Waals surface area contributed by atoms with Gasteiger partial charge in [-0.05, 0) is 25.1 Å². The lowest BCUT2D eigenvalue weighted by molar-refractivity contribution is 0.463. The van der Waals surface area contributed by atoms with Gasteiger partial charge in [-0.2, -0.15) is 0 Å². The van der Waals surface area contributed by atoms with Crippen LogP contribution in [-0.2, 0) is 0 Å². The van der Waals surface area contributed by atoms with E-state index in [4.69, 9.17) is 5.73 Å². The first-order chi connectivity index (χ1) is 6.74. The number of nitrogens with two attached hydrogens (primary N) is 1. The molecule has 2 rings (SSSR count). The Bertz CT molecular complexity index is 343. The molecule has 1 unspecified atom stereocenters. The summed E-state index contributed by atoms with van der Waals surface area (Å²) in [6.07, 6.45) is 0.940. The first-order valence-corrected chi connectivity index (χ1v) is 5.53. The number of nitrogens with zero attached hydrogens (tertiary/aromatic N) is 1. The molecule has 1 aliphatic rings. The number of phenolic OH excluding ortho intramolecular Hbond substituents is 1. The average molecular weight is 210 g/mol. The van der Waals surface area contributed by atoms with Crippen molar-refractivity contribution in [3.63, 3.8) is 0 Å². The third-order valence-corrected chi connectivity index (χ3v) is 3.93. The van der Waals surface area contributed by atoms with Crippen molar-refractivity contribution < 1.29 is 5.11 Å². The van der Waals surface area contributed by atoms with Crippen LogP contribution in [0, 0.1) is 0 Å². The van der Waals surface area contributed by atoms with Gasteiger partial charge in [-0.25, -0.2) is 0 Å². The average Bonchev–Trinajstić information content (AvgIpc) is 2.48. The van der Waals surface area contributed by atoms with Crippen LogP contribution < -0.4 is 10.6 Å². The molecule has 0 fully saturated rings. The number of benzene rings is 1. The van der Waals surface area contributed by atoms with Crippen molar-refractivity contribution in [1.82, 2.24) is 0 Å². The van der Waals surface area contributed by atoms with Crippen LogP contribution in [0.1, 0.15) is 6.42 Å². The minimum absolute atomic E-state index is 0.364. The van der Waals surface area contributed by atoms with Crippen molar-refractivity contribution in [2.24, 2.45) is 5.73 Å². The molecule has 0 spiro atoms. The molecule has 76 valence electrons. The second-order valence-corrected chi connectivity index (χ2v) is 4.57. The largest absolute Gasteiger partial charge is 0.507 e. The second kappa shape index (κ2) is 3.71. The molecule has 0 bridgehead atoms. The van der Waals surface area contributed by atoms with Crippen LogP contribution in [-0.4, -0.2) is 24.1 Å². The van der Waals surface area contributed by atoms with Crippen molar-refractivity contribution in [2.75, 3.05) is 18.5 Å². The number of hydrogen-bond donors (Lipinski definition) is 2.